The molecule has 2 fully saturated rings. The minimum Gasteiger partial charge on any atom is -0.353 e. The van der Waals surface area contributed by atoms with Gasteiger partial charge in [0.2, 0.25) is 5.91 Å². The minimum absolute atomic E-state index is 0. The van der Waals surface area contributed by atoms with Crippen LogP contribution in [0.1, 0.15) is 51.9 Å². The molecule has 0 aromatic rings. The van der Waals surface area contributed by atoms with Gasteiger partial charge in [-0.1, -0.05) is 13.3 Å². The SMILES string of the molecule is CCCN1CCC(NC(=O)C2CCCC(N)C2)CC1.Cl.Cl. The maximum atomic E-state index is 12.2. The fraction of sp³-hybridized carbons (Fsp3) is 0.933. The molecule has 2 unspecified atom stereocenters. The average molecular weight is 340 g/mol. The van der Waals surface area contributed by atoms with E-state index in [2.05, 4.69) is 17.1 Å². The Bertz CT molecular complexity index is 297. The van der Waals surface area contributed by atoms with Gasteiger partial charge in [0.15, 0.2) is 0 Å². The third-order valence-electron chi connectivity index (χ3n) is 4.56. The molecule has 1 aliphatic carbocycles. The van der Waals surface area contributed by atoms with Crippen LogP contribution in [0, 0.1) is 5.92 Å². The van der Waals surface area contributed by atoms with Crippen LogP contribution in [0.5, 0.6) is 0 Å². The first-order valence-electron chi connectivity index (χ1n) is 7.97. The van der Waals surface area contributed by atoms with Gasteiger partial charge in [0, 0.05) is 31.1 Å². The van der Waals surface area contributed by atoms with Crippen LogP contribution in [0.15, 0.2) is 0 Å². The van der Waals surface area contributed by atoms with E-state index < -0.39 is 0 Å². The van der Waals surface area contributed by atoms with Gasteiger partial charge in [-0.2, -0.15) is 0 Å². The summed E-state index contributed by atoms with van der Waals surface area (Å²) < 4.78 is 0. The lowest BCUT2D eigenvalue weighted by Gasteiger charge is -2.33. The number of halogens is 2. The molecule has 0 aromatic heterocycles. The van der Waals surface area contributed by atoms with Crippen molar-refractivity contribution in [2.24, 2.45) is 11.7 Å². The number of carbonyl (C=O) groups excluding carboxylic acids is 1. The number of amides is 1. The highest BCUT2D eigenvalue weighted by molar-refractivity contribution is 5.85. The molecule has 4 nitrogen and oxygen atoms in total. The van der Waals surface area contributed by atoms with Gasteiger partial charge in [0.05, 0.1) is 0 Å². The summed E-state index contributed by atoms with van der Waals surface area (Å²) in [6.07, 6.45) is 7.51. The predicted molar refractivity (Wildman–Crippen MR) is 92.3 cm³/mol. The Morgan fingerprint density at radius 3 is 2.43 bits per heavy atom. The molecular formula is C15H31Cl2N3O. The van der Waals surface area contributed by atoms with Crippen LogP contribution >= 0.6 is 24.8 Å². The topological polar surface area (TPSA) is 58.4 Å². The minimum atomic E-state index is 0. The van der Waals surface area contributed by atoms with Gasteiger partial charge in [-0.05, 0) is 45.1 Å². The molecule has 2 aliphatic rings. The Balaban J connectivity index is 0.00000200. The number of nitrogens with zero attached hydrogens (tertiary/aromatic N) is 1. The van der Waals surface area contributed by atoms with Crippen molar-refractivity contribution in [3.05, 3.63) is 0 Å². The lowest BCUT2D eigenvalue weighted by atomic mass is 9.85. The molecule has 1 aliphatic heterocycles. The van der Waals surface area contributed by atoms with Crippen LogP contribution in [0.4, 0.5) is 0 Å². The lowest BCUT2D eigenvalue weighted by Crippen LogP contribution is -2.47. The van der Waals surface area contributed by atoms with Crippen LogP contribution in [0.2, 0.25) is 0 Å². The number of hydrogen-bond donors (Lipinski definition) is 2. The zero-order valence-corrected chi connectivity index (χ0v) is 14.7. The summed E-state index contributed by atoms with van der Waals surface area (Å²) >= 11 is 0. The first-order chi connectivity index (χ1) is 9.19. The second-order valence-corrected chi connectivity index (χ2v) is 6.25. The molecule has 126 valence electrons. The molecule has 2 rings (SSSR count). The Kier molecular flexibility index (Phi) is 10.6. The number of nitrogens with two attached hydrogens (primary N) is 1. The van der Waals surface area contributed by atoms with Crippen LogP contribution in [0.3, 0.4) is 0 Å². The van der Waals surface area contributed by atoms with Gasteiger partial charge >= 0.3 is 0 Å². The van der Waals surface area contributed by atoms with Crippen LogP contribution in [-0.4, -0.2) is 42.5 Å². The van der Waals surface area contributed by atoms with Gasteiger partial charge in [-0.3, -0.25) is 4.79 Å². The molecule has 0 spiro atoms. The second kappa shape index (κ2) is 10.7. The Morgan fingerprint density at radius 2 is 1.86 bits per heavy atom. The smallest absolute Gasteiger partial charge is 0.223 e. The normalized spacial score (nSPS) is 27.3. The number of nitrogens with one attached hydrogen (secondary N) is 1. The third-order valence-corrected chi connectivity index (χ3v) is 4.56. The standard InChI is InChI=1S/C15H29N3O.2ClH/c1-2-8-18-9-6-14(7-10-18)17-15(19)12-4-3-5-13(16)11-12;;/h12-14H,2-11,16H2,1H3,(H,17,19);2*1H. The van der Waals surface area contributed by atoms with Crippen LogP contribution < -0.4 is 11.1 Å². The van der Waals surface area contributed by atoms with Crippen molar-refractivity contribution in [1.82, 2.24) is 10.2 Å². The van der Waals surface area contributed by atoms with Gasteiger partial charge in [-0.25, -0.2) is 0 Å². The summed E-state index contributed by atoms with van der Waals surface area (Å²) in [6.45, 7) is 5.67. The lowest BCUT2D eigenvalue weighted by molar-refractivity contribution is -0.127. The van der Waals surface area contributed by atoms with Crippen LogP contribution in [0.25, 0.3) is 0 Å². The molecule has 1 saturated carbocycles. The molecule has 21 heavy (non-hydrogen) atoms. The van der Waals surface area contributed by atoms with E-state index in [0.29, 0.717) is 6.04 Å². The molecule has 1 saturated heterocycles. The molecule has 0 radical (unpaired) electrons. The quantitative estimate of drug-likeness (QED) is 0.826. The second-order valence-electron chi connectivity index (χ2n) is 6.25. The summed E-state index contributed by atoms with van der Waals surface area (Å²) in [6, 6.07) is 0.620. The predicted octanol–water partition coefficient (Wildman–Crippen LogP) is 2.34. The number of rotatable bonds is 4. The number of piperidine rings is 1. The summed E-state index contributed by atoms with van der Waals surface area (Å²) in [7, 11) is 0. The van der Waals surface area contributed by atoms with E-state index in [9.17, 15) is 4.79 Å². The third kappa shape index (κ3) is 6.72. The molecule has 0 aromatic carbocycles. The van der Waals surface area contributed by atoms with E-state index in [1.165, 1.54) is 13.0 Å². The zero-order chi connectivity index (χ0) is 13.7. The van der Waals surface area contributed by atoms with E-state index in [1.54, 1.807) is 0 Å². The maximum Gasteiger partial charge on any atom is 0.223 e. The number of carbonyl (C=O) groups is 1. The molecule has 1 amide bonds. The van der Waals surface area contributed by atoms with Crippen LogP contribution in [-0.2, 0) is 4.79 Å². The largest absolute Gasteiger partial charge is 0.353 e. The van der Waals surface area contributed by atoms with E-state index in [1.807, 2.05) is 0 Å². The van der Waals surface area contributed by atoms with E-state index in [0.717, 1.165) is 51.6 Å². The molecule has 3 N–H and O–H groups in total. The fourth-order valence-electron chi connectivity index (χ4n) is 3.40. The number of likely N-dealkylation sites (tertiary alicyclic amines) is 1. The van der Waals surface area contributed by atoms with Gasteiger partial charge in [0.1, 0.15) is 0 Å². The molecule has 6 heteroatoms. The monoisotopic (exact) mass is 339 g/mol. The number of hydrogen-bond acceptors (Lipinski definition) is 3. The Labute approximate surface area is 141 Å². The first kappa shape index (κ1) is 21.0. The van der Waals surface area contributed by atoms with Gasteiger partial charge in [-0.15, -0.1) is 24.8 Å². The molecular weight excluding hydrogens is 309 g/mol. The highest BCUT2D eigenvalue weighted by atomic mass is 35.5. The van der Waals surface area contributed by atoms with E-state index in [4.69, 9.17) is 5.73 Å². The molecule has 2 atom stereocenters. The zero-order valence-electron chi connectivity index (χ0n) is 13.1. The van der Waals surface area contributed by atoms with Crippen molar-refractivity contribution in [3.63, 3.8) is 0 Å². The Hall–Kier alpha value is -0.0300. The highest BCUT2D eigenvalue weighted by Crippen LogP contribution is 2.23. The van der Waals surface area contributed by atoms with Crippen molar-refractivity contribution in [2.45, 2.75) is 64.0 Å². The van der Waals surface area contributed by atoms with Gasteiger partial charge < -0.3 is 16.0 Å². The summed E-state index contributed by atoms with van der Waals surface area (Å²) in [5.41, 5.74) is 5.96. The summed E-state index contributed by atoms with van der Waals surface area (Å²) in [5, 5.41) is 3.25. The summed E-state index contributed by atoms with van der Waals surface area (Å²) in [4.78, 5) is 14.7. The van der Waals surface area contributed by atoms with Crippen molar-refractivity contribution in [2.75, 3.05) is 19.6 Å². The summed E-state index contributed by atoms with van der Waals surface area (Å²) in [5.74, 6) is 0.418. The maximum absolute atomic E-state index is 12.2. The van der Waals surface area contributed by atoms with Crippen molar-refractivity contribution in [3.8, 4) is 0 Å². The molecule has 1 heterocycles. The Morgan fingerprint density at radius 1 is 1.19 bits per heavy atom. The average Bonchev–Trinajstić information content (AvgIpc) is 2.41. The fourth-order valence-corrected chi connectivity index (χ4v) is 3.40. The van der Waals surface area contributed by atoms with Crippen molar-refractivity contribution >= 4 is 30.7 Å². The first-order valence-corrected chi connectivity index (χ1v) is 7.97. The highest BCUT2D eigenvalue weighted by Gasteiger charge is 2.27. The molecule has 0 bridgehead atoms. The van der Waals surface area contributed by atoms with E-state index >= 15 is 0 Å². The van der Waals surface area contributed by atoms with Gasteiger partial charge in [0.25, 0.3) is 0 Å². The van der Waals surface area contributed by atoms with Crippen molar-refractivity contribution < 1.29 is 4.79 Å². The van der Waals surface area contributed by atoms with E-state index in [-0.39, 0.29) is 42.7 Å². The van der Waals surface area contributed by atoms with Crippen molar-refractivity contribution in [1.29, 1.82) is 0 Å².